The van der Waals surface area contributed by atoms with Crippen LogP contribution in [0.15, 0.2) is 24.3 Å². The van der Waals surface area contributed by atoms with E-state index < -0.39 is 5.60 Å². The molecule has 1 aromatic rings. The summed E-state index contributed by atoms with van der Waals surface area (Å²) in [5, 5.41) is 13.2. The van der Waals surface area contributed by atoms with Crippen LogP contribution in [0.1, 0.15) is 52.2 Å². The van der Waals surface area contributed by atoms with Crippen LogP contribution < -0.4 is 5.32 Å². The van der Waals surface area contributed by atoms with E-state index in [0.29, 0.717) is 6.54 Å². The molecule has 120 valence electrons. The van der Waals surface area contributed by atoms with Gasteiger partial charge in [-0.05, 0) is 37.5 Å². The highest BCUT2D eigenvalue weighted by molar-refractivity contribution is 5.72. The first-order chi connectivity index (χ1) is 10.1. The smallest absolute Gasteiger partial charge is 0.216 e. The van der Waals surface area contributed by atoms with Gasteiger partial charge in [0.25, 0.3) is 0 Å². The SMILES string of the molecule is CC(=O)NCCCc1cccc(C#CC(C)(O)C(C)(C)C)c1. The predicted octanol–water partition coefficient (Wildman–Crippen LogP) is 2.90. The van der Waals surface area contributed by atoms with Crippen LogP contribution in [0.2, 0.25) is 0 Å². The Labute approximate surface area is 134 Å². The third-order valence-electron chi connectivity index (χ3n) is 3.85. The van der Waals surface area contributed by atoms with Crippen molar-refractivity contribution in [2.24, 2.45) is 5.41 Å². The van der Waals surface area contributed by atoms with Crippen molar-refractivity contribution < 1.29 is 9.90 Å². The summed E-state index contributed by atoms with van der Waals surface area (Å²) < 4.78 is 0. The molecular weight excluding hydrogens is 274 g/mol. The maximum atomic E-state index is 10.8. The zero-order chi connectivity index (χ0) is 16.8. The Morgan fingerprint density at radius 2 is 1.95 bits per heavy atom. The number of hydrogen-bond donors (Lipinski definition) is 2. The third-order valence-corrected chi connectivity index (χ3v) is 3.85. The molecule has 0 aliphatic rings. The second-order valence-electron chi connectivity index (χ2n) is 6.86. The highest BCUT2D eigenvalue weighted by Crippen LogP contribution is 2.29. The number of amides is 1. The van der Waals surface area contributed by atoms with Crippen LogP contribution in [-0.4, -0.2) is 23.2 Å². The molecule has 0 saturated carbocycles. The van der Waals surface area contributed by atoms with Crippen molar-refractivity contribution in [3.8, 4) is 11.8 Å². The largest absolute Gasteiger partial charge is 0.377 e. The van der Waals surface area contributed by atoms with Crippen molar-refractivity contribution >= 4 is 5.91 Å². The lowest BCUT2D eigenvalue weighted by Crippen LogP contribution is -2.38. The van der Waals surface area contributed by atoms with Gasteiger partial charge >= 0.3 is 0 Å². The Balaban J connectivity index is 2.71. The van der Waals surface area contributed by atoms with Gasteiger partial charge in [-0.2, -0.15) is 0 Å². The summed E-state index contributed by atoms with van der Waals surface area (Å²) in [4.78, 5) is 10.8. The molecule has 0 aliphatic heterocycles. The van der Waals surface area contributed by atoms with Crippen LogP contribution in [-0.2, 0) is 11.2 Å². The lowest BCUT2D eigenvalue weighted by Gasteiger charge is -2.32. The van der Waals surface area contributed by atoms with Gasteiger partial charge < -0.3 is 10.4 Å². The number of carbonyl (C=O) groups excluding carboxylic acids is 1. The number of benzene rings is 1. The Kier molecular flexibility index (Phi) is 6.20. The first-order valence-electron chi connectivity index (χ1n) is 7.71. The van der Waals surface area contributed by atoms with E-state index in [2.05, 4.69) is 23.2 Å². The standard InChI is InChI=1S/C19H27NO2/c1-15(21)20-13-7-10-16-8-6-9-17(14-16)11-12-19(5,22)18(2,3)4/h6,8-9,14,22H,7,10,13H2,1-5H3,(H,20,21). The van der Waals surface area contributed by atoms with E-state index in [9.17, 15) is 9.90 Å². The van der Waals surface area contributed by atoms with Crippen LogP contribution in [0, 0.1) is 17.3 Å². The number of carbonyl (C=O) groups is 1. The maximum absolute atomic E-state index is 10.8. The molecule has 22 heavy (non-hydrogen) atoms. The maximum Gasteiger partial charge on any atom is 0.216 e. The molecule has 1 rings (SSSR count). The zero-order valence-corrected chi connectivity index (χ0v) is 14.3. The molecule has 0 saturated heterocycles. The van der Waals surface area contributed by atoms with Gasteiger partial charge in [0.15, 0.2) is 0 Å². The molecule has 1 amide bonds. The average molecular weight is 301 g/mol. The molecule has 0 radical (unpaired) electrons. The Bertz CT molecular complexity index is 571. The molecule has 0 aromatic heterocycles. The van der Waals surface area contributed by atoms with Gasteiger partial charge in [0, 0.05) is 24.4 Å². The number of rotatable bonds is 4. The fourth-order valence-electron chi connectivity index (χ4n) is 1.74. The first kappa shape index (κ1) is 18.3. The van der Waals surface area contributed by atoms with Crippen LogP contribution in [0.25, 0.3) is 0 Å². The number of aliphatic hydroxyl groups is 1. The fraction of sp³-hybridized carbons (Fsp3) is 0.526. The molecule has 0 spiro atoms. The lowest BCUT2D eigenvalue weighted by molar-refractivity contribution is -0.118. The summed E-state index contributed by atoms with van der Waals surface area (Å²) in [5.41, 5.74) is 0.763. The van der Waals surface area contributed by atoms with Crippen molar-refractivity contribution in [1.82, 2.24) is 5.32 Å². The number of aryl methyl sites for hydroxylation is 1. The third kappa shape index (κ3) is 5.91. The molecule has 0 aliphatic carbocycles. The summed E-state index contributed by atoms with van der Waals surface area (Å²) in [6.45, 7) is 9.87. The van der Waals surface area contributed by atoms with Gasteiger partial charge in [0.1, 0.15) is 5.60 Å². The van der Waals surface area contributed by atoms with Crippen molar-refractivity contribution in [3.05, 3.63) is 35.4 Å². The van der Waals surface area contributed by atoms with E-state index in [-0.39, 0.29) is 11.3 Å². The number of hydrogen-bond acceptors (Lipinski definition) is 2. The van der Waals surface area contributed by atoms with Gasteiger partial charge in [-0.25, -0.2) is 0 Å². The lowest BCUT2D eigenvalue weighted by atomic mass is 9.78. The molecular formula is C19H27NO2. The zero-order valence-electron chi connectivity index (χ0n) is 14.3. The second kappa shape index (κ2) is 7.47. The van der Waals surface area contributed by atoms with Crippen LogP contribution >= 0.6 is 0 Å². The Hall–Kier alpha value is -1.79. The first-order valence-corrected chi connectivity index (χ1v) is 7.71. The molecule has 0 heterocycles. The highest BCUT2D eigenvalue weighted by Gasteiger charge is 2.33. The normalized spacial score (nSPS) is 13.7. The van der Waals surface area contributed by atoms with E-state index in [0.717, 1.165) is 18.4 Å². The highest BCUT2D eigenvalue weighted by atomic mass is 16.3. The van der Waals surface area contributed by atoms with E-state index in [1.807, 2.05) is 39.0 Å². The fourth-order valence-corrected chi connectivity index (χ4v) is 1.74. The van der Waals surface area contributed by atoms with Crippen LogP contribution in [0.3, 0.4) is 0 Å². The van der Waals surface area contributed by atoms with Gasteiger partial charge in [0.05, 0.1) is 0 Å². The van der Waals surface area contributed by atoms with Crippen molar-refractivity contribution in [2.45, 2.75) is 53.1 Å². The minimum absolute atomic E-state index is 0.00373. The van der Waals surface area contributed by atoms with Crippen molar-refractivity contribution in [1.29, 1.82) is 0 Å². The summed E-state index contributed by atoms with van der Waals surface area (Å²) in [7, 11) is 0. The van der Waals surface area contributed by atoms with Crippen molar-refractivity contribution in [3.63, 3.8) is 0 Å². The van der Waals surface area contributed by atoms with E-state index >= 15 is 0 Å². The molecule has 2 N–H and O–H groups in total. The topological polar surface area (TPSA) is 49.3 Å². The Morgan fingerprint density at radius 3 is 2.55 bits per heavy atom. The molecule has 3 nitrogen and oxygen atoms in total. The quantitative estimate of drug-likeness (QED) is 0.663. The van der Waals surface area contributed by atoms with Crippen molar-refractivity contribution in [2.75, 3.05) is 6.54 Å². The summed E-state index contributed by atoms with van der Waals surface area (Å²) in [5.74, 6) is 6.05. The monoisotopic (exact) mass is 301 g/mol. The minimum atomic E-state index is -1.03. The van der Waals surface area contributed by atoms with E-state index in [1.54, 1.807) is 6.92 Å². The molecule has 3 heteroatoms. The Morgan fingerprint density at radius 1 is 1.27 bits per heavy atom. The second-order valence-corrected chi connectivity index (χ2v) is 6.86. The molecule has 0 bridgehead atoms. The summed E-state index contributed by atoms with van der Waals surface area (Å²) in [6, 6.07) is 8.02. The average Bonchev–Trinajstić information content (AvgIpc) is 2.40. The molecule has 1 atom stereocenters. The van der Waals surface area contributed by atoms with Crippen LogP contribution in [0.4, 0.5) is 0 Å². The minimum Gasteiger partial charge on any atom is -0.377 e. The van der Waals surface area contributed by atoms with E-state index in [4.69, 9.17) is 0 Å². The van der Waals surface area contributed by atoms with Gasteiger partial charge in [-0.15, -0.1) is 0 Å². The van der Waals surface area contributed by atoms with E-state index in [1.165, 1.54) is 12.5 Å². The number of nitrogens with one attached hydrogen (secondary N) is 1. The molecule has 1 unspecified atom stereocenters. The van der Waals surface area contributed by atoms with Gasteiger partial charge in [-0.1, -0.05) is 44.7 Å². The summed E-state index contributed by atoms with van der Waals surface area (Å²) in [6.07, 6.45) is 1.79. The summed E-state index contributed by atoms with van der Waals surface area (Å²) >= 11 is 0. The van der Waals surface area contributed by atoms with Gasteiger partial charge in [0.2, 0.25) is 5.91 Å². The molecule has 0 fully saturated rings. The van der Waals surface area contributed by atoms with Crippen LogP contribution in [0.5, 0.6) is 0 Å². The molecule has 1 aromatic carbocycles. The van der Waals surface area contributed by atoms with Gasteiger partial charge in [-0.3, -0.25) is 4.79 Å². The predicted molar refractivity (Wildman–Crippen MR) is 90.4 cm³/mol.